The van der Waals surface area contributed by atoms with Crippen molar-refractivity contribution in [3.8, 4) is 6.07 Å². The van der Waals surface area contributed by atoms with E-state index in [0.29, 0.717) is 16.7 Å². The van der Waals surface area contributed by atoms with Gasteiger partial charge < -0.3 is 4.84 Å². The molecule has 0 heterocycles. The first-order valence-electron chi connectivity index (χ1n) is 6.23. The highest BCUT2D eigenvalue weighted by molar-refractivity contribution is 5.82. The maximum absolute atomic E-state index is 12.8. The zero-order valence-electron chi connectivity index (χ0n) is 11.0. The van der Waals surface area contributed by atoms with Crippen LogP contribution in [0.4, 0.5) is 8.78 Å². The lowest BCUT2D eigenvalue weighted by atomic mass is 10.1. The van der Waals surface area contributed by atoms with Crippen LogP contribution in [0.25, 0.3) is 0 Å². The highest BCUT2D eigenvalue weighted by Crippen LogP contribution is 2.23. The Morgan fingerprint density at radius 1 is 1.14 bits per heavy atom. The Morgan fingerprint density at radius 3 is 2.62 bits per heavy atom. The van der Waals surface area contributed by atoms with Crippen LogP contribution < -0.4 is 0 Å². The van der Waals surface area contributed by atoms with Crippen LogP contribution in [-0.2, 0) is 11.4 Å². The van der Waals surface area contributed by atoms with Crippen molar-refractivity contribution in [3.05, 3.63) is 70.8 Å². The monoisotopic (exact) mass is 286 g/mol. The lowest BCUT2D eigenvalue weighted by Crippen LogP contribution is -1.96. The van der Waals surface area contributed by atoms with Crippen molar-refractivity contribution < 1.29 is 13.6 Å². The summed E-state index contributed by atoms with van der Waals surface area (Å²) in [5.41, 5.74) is 1.41. The van der Waals surface area contributed by atoms with E-state index < -0.39 is 6.43 Å². The van der Waals surface area contributed by atoms with Gasteiger partial charge in [-0.1, -0.05) is 47.6 Å². The van der Waals surface area contributed by atoms with E-state index in [-0.39, 0.29) is 12.2 Å². The molecule has 0 aliphatic rings. The molecule has 0 amide bonds. The number of rotatable bonds is 5. The predicted octanol–water partition coefficient (Wildman–Crippen LogP) is 4.05. The fourth-order valence-electron chi connectivity index (χ4n) is 1.79. The van der Waals surface area contributed by atoms with Gasteiger partial charge in [0, 0.05) is 16.7 Å². The van der Waals surface area contributed by atoms with E-state index in [1.807, 2.05) is 6.07 Å². The van der Waals surface area contributed by atoms with Gasteiger partial charge in [-0.15, -0.1) is 0 Å². The maximum atomic E-state index is 12.8. The second kappa shape index (κ2) is 7.15. The van der Waals surface area contributed by atoms with Gasteiger partial charge in [0.05, 0.1) is 17.8 Å². The fourth-order valence-corrected chi connectivity index (χ4v) is 1.79. The molecule has 0 aliphatic carbocycles. The molecule has 2 aromatic carbocycles. The van der Waals surface area contributed by atoms with Crippen LogP contribution in [0.3, 0.4) is 0 Å². The largest absolute Gasteiger partial charge is 0.391 e. The molecular weight excluding hydrogens is 274 g/mol. The first kappa shape index (κ1) is 14.7. The van der Waals surface area contributed by atoms with Gasteiger partial charge in [0.2, 0.25) is 0 Å². The van der Waals surface area contributed by atoms with Crippen LogP contribution in [0.5, 0.6) is 0 Å². The summed E-state index contributed by atoms with van der Waals surface area (Å²) >= 11 is 0. The molecule has 0 fully saturated rings. The Balaban J connectivity index is 2.02. The summed E-state index contributed by atoms with van der Waals surface area (Å²) < 4.78 is 25.5. The van der Waals surface area contributed by atoms with Gasteiger partial charge >= 0.3 is 0 Å². The lowest BCUT2D eigenvalue weighted by Gasteiger charge is -2.06. The van der Waals surface area contributed by atoms with Gasteiger partial charge in [-0.25, -0.2) is 8.78 Å². The molecule has 106 valence electrons. The van der Waals surface area contributed by atoms with Crippen LogP contribution in [0, 0.1) is 11.3 Å². The van der Waals surface area contributed by atoms with Crippen molar-refractivity contribution in [3.63, 3.8) is 0 Å². The van der Waals surface area contributed by atoms with Crippen LogP contribution in [0.1, 0.15) is 28.7 Å². The van der Waals surface area contributed by atoms with E-state index in [2.05, 4.69) is 5.16 Å². The topological polar surface area (TPSA) is 45.4 Å². The number of benzene rings is 2. The number of hydrogen-bond acceptors (Lipinski definition) is 3. The third-order valence-electron chi connectivity index (χ3n) is 2.86. The molecule has 0 radical (unpaired) electrons. The van der Waals surface area contributed by atoms with Crippen molar-refractivity contribution in [2.45, 2.75) is 13.0 Å². The van der Waals surface area contributed by atoms with E-state index in [0.717, 1.165) is 0 Å². The molecule has 21 heavy (non-hydrogen) atoms. The first-order chi connectivity index (χ1) is 10.2. The van der Waals surface area contributed by atoms with E-state index >= 15 is 0 Å². The summed E-state index contributed by atoms with van der Waals surface area (Å²) in [4.78, 5) is 5.04. The van der Waals surface area contributed by atoms with Crippen molar-refractivity contribution in [1.82, 2.24) is 0 Å². The quantitative estimate of drug-likeness (QED) is 0.615. The highest BCUT2D eigenvalue weighted by atomic mass is 19.3. The Labute approximate surface area is 121 Å². The summed E-state index contributed by atoms with van der Waals surface area (Å²) in [6.45, 7) is -0.0499. The minimum atomic E-state index is -2.55. The average molecular weight is 286 g/mol. The third-order valence-corrected chi connectivity index (χ3v) is 2.86. The molecule has 0 N–H and O–H groups in total. The van der Waals surface area contributed by atoms with Crippen molar-refractivity contribution >= 4 is 6.21 Å². The lowest BCUT2D eigenvalue weighted by molar-refractivity contribution is 0.120. The zero-order valence-corrected chi connectivity index (χ0v) is 11.0. The summed E-state index contributed by atoms with van der Waals surface area (Å²) in [6, 6.07) is 15.1. The Kier molecular flexibility index (Phi) is 4.99. The minimum absolute atomic E-state index is 0.0499. The third kappa shape index (κ3) is 3.86. The molecule has 0 aliphatic heterocycles. The van der Waals surface area contributed by atoms with Crippen molar-refractivity contribution in [2.24, 2.45) is 5.16 Å². The molecule has 0 bridgehead atoms. The van der Waals surface area contributed by atoms with E-state index in [4.69, 9.17) is 10.1 Å². The molecule has 0 atom stereocenters. The summed E-state index contributed by atoms with van der Waals surface area (Å²) in [7, 11) is 0. The van der Waals surface area contributed by atoms with E-state index in [1.54, 1.807) is 42.5 Å². The van der Waals surface area contributed by atoms with Gasteiger partial charge in [-0.2, -0.15) is 5.26 Å². The Bertz CT molecular complexity index is 678. The van der Waals surface area contributed by atoms with Crippen molar-refractivity contribution in [2.75, 3.05) is 0 Å². The zero-order chi connectivity index (χ0) is 15.1. The van der Waals surface area contributed by atoms with Gasteiger partial charge in [0.15, 0.2) is 0 Å². The van der Waals surface area contributed by atoms with Crippen LogP contribution >= 0.6 is 0 Å². The summed E-state index contributed by atoms with van der Waals surface area (Å²) in [5.74, 6) is 0. The molecular formula is C16H12F2N2O. The van der Waals surface area contributed by atoms with Gasteiger partial charge in [-0.05, 0) is 6.07 Å². The fraction of sp³-hybridized carbons (Fsp3) is 0.125. The number of hydrogen-bond donors (Lipinski definition) is 0. The molecule has 0 saturated carbocycles. The first-order valence-corrected chi connectivity index (χ1v) is 6.23. The van der Waals surface area contributed by atoms with Crippen LogP contribution in [0.15, 0.2) is 53.7 Å². The standard InChI is InChI=1S/C16H12F2N2O/c17-16(18)15-8-4-3-7-14(15)11-21-20-10-13-6-2-1-5-12(13)9-19/h1-8,10,16H,11H2. The molecule has 5 heteroatoms. The average Bonchev–Trinajstić information content (AvgIpc) is 2.52. The number of nitrogens with zero attached hydrogens (tertiary/aromatic N) is 2. The minimum Gasteiger partial charge on any atom is -0.391 e. The molecule has 2 rings (SSSR count). The van der Waals surface area contributed by atoms with Gasteiger partial charge in [-0.3, -0.25) is 0 Å². The van der Waals surface area contributed by atoms with Crippen LogP contribution in [0.2, 0.25) is 0 Å². The second-order valence-electron chi connectivity index (χ2n) is 4.21. The number of oxime groups is 1. The Morgan fingerprint density at radius 2 is 1.86 bits per heavy atom. The smallest absolute Gasteiger partial charge is 0.264 e. The van der Waals surface area contributed by atoms with Gasteiger partial charge in [0.25, 0.3) is 6.43 Å². The number of alkyl halides is 2. The number of halogens is 2. The summed E-state index contributed by atoms with van der Waals surface area (Å²) in [5, 5.41) is 12.6. The SMILES string of the molecule is N#Cc1ccccc1C=NOCc1ccccc1C(F)F. The molecule has 0 aromatic heterocycles. The van der Waals surface area contributed by atoms with E-state index in [1.165, 1.54) is 12.3 Å². The molecule has 0 saturated heterocycles. The molecule has 0 spiro atoms. The second-order valence-corrected chi connectivity index (χ2v) is 4.21. The summed E-state index contributed by atoms with van der Waals surface area (Å²) in [6.07, 6.45) is -1.16. The maximum Gasteiger partial charge on any atom is 0.264 e. The normalized spacial score (nSPS) is 10.8. The predicted molar refractivity (Wildman–Crippen MR) is 74.9 cm³/mol. The molecule has 0 unspecified atom stereocenters. The van der Waals surface area contributed by atoms with Gasteiger partial charge in [0.1, 0.15) is 6.61 Å². The molecule has 2 aromatic rings. The van der Waals surface area contributed by atoms with E-state index in [9.17, 15) is 8.78 Å². The van der Waals surface area contributed by atoms with Crippen molar-refractivity contribution in [1.29, 1.82) is 5.26 Å². The number of nitriles is 1. The highest BCUT2D eigenvalue weighted by Gasteiger charge is 2.11. The van der Waals surface area contributed by atoms with Crippen LogP contribution in [-0.4, -0.2) is 6.21 Å². The molecule has 3 nitrogen and oxygen atoms in total. The Hall–Kier alpha value is -2.74.